The summed E-state index contributed by atoms with van der Waals surface area (Å²) < 4.78 is 6.74. The highest BCUT2D eigenvalue weighted by atomic mass is 79.9. The molecule has 0 radical (unpaired) electrons. The molecule has 0 atom stereocenters. The molecule has 0 amide bonds. The highest BCUT2D eigenvalue weighted by Crippen LogP contribution is 2.29. The second kappa shape index (κ2) is 5.64. The topological polar surface area (TPSA) is 81.0 Å². The Hall–Kier alpha value is -1.18. The molecule has 3 N–H and O–H groups in total. The van der Waals surface area contributed by atoms with Gasteiger partial charge in [0.15, 0.2) is 0 Å². The van der Waals surface area contributed by atoms with Gasteiger partial charge in [-0.2, -0.15) is 0 Å². The lowest BCUT2D eigenvalue weighted by atomic mass is 10.2. The predicted octanol–water partition coefficient (Wildman–Crippen LogP) is 2.55. The Kier molecular flexibility index (Phi) is 4.15. The second-order valence-electron chi connectivity index (χ2n) is 3.41. The summed E-state index contributed by atoms with van der Waals surface area (Å²) in [6.45, 7) is 0.329. The van der Waals surface area contributed by atoms with Crippen LogP contribution >= 0.6 is 31.9 Å². The maximum absolute atomic E-state index is 11.4. The minimum absolute atomic E-state index is 0.204. The molecular formula is C11H9Br2N3O2. The molecule has 94 valence electrons. The molecule has 0 aliphatic rings. The van der Waals surface area contributed by atoms with Gasteiger partial charge in [0, 0.05) is 16.6 Å². The monoisotopic (exact) mass is 373 g/mol. The molecule has 0 aliphatic heterocycles. The third-order valence-corrected chi connectivity index (χ3v) is 3.41. The number of halogens is 2. The molecule has 1 aromatic carbocycles. The molecule has 2 aromatic rings. The van der Waals surface area contributed by atoms with Gasteiger partial charge in [-0.3, -0.25) is 4.79 Å². The van der Waals surface area contributed by atoms with Gasteiger partial charge in [0.1, 0.15) is 10.2 Å². The third-order valence-electron chi connectivity index (χ3n) is 2.21. The number of nitrogens with one attached hydrogen (secondary N) is 1. The molecule has 0 aliphatic carbocycles. The van der Waals surface area contributed by atoms with Crippen molar-refractivity contribution < 1.29 is 4.74 Å². The quantitative estimate of drug-likeness (QED) is 0.864. The van der Waals surface area contributed by atoms with E-state index in [1.54, 1.807) is 6.07 Å². The maximum atomic E-state index is 11.4. The number of hydrogen-bond acceptors (Lipinski definition) is 4. The summed E-state index contributed by atoms with van der Waals surface area (Å²) in [7, 11) is 0. The molecule has 0 fully saturated rings. The van der Waals surface area contributed by atoms with Crippen LogP contribution in [0, 0.1) is 0 Å². The lowest BCUT2D eigenvalue weighted by Crippen LogP contribution is -2.09. The zero-order valence-electron chi connectivity index (χ0n) is 9.11. The Morgan fingerprint density at radius 1 is 1.39 bits per heavy atom. The van der Waals surface area contributed by atoms with Gasteiger partial charge in [-0.1, -0.05) is 15.9 Å². The Labute approximate surface area is 120 Å². The van der Waals surface area contributed by atoms with E-state index >= 15 is 0 Å². The van der Waals surface area contributed by atoms with Crippen LogP contribution in [0.1, 0.15) is 5.56 Å². The maximum Gasteiger partial charge on any atom is 0.268 e. The first-order valence-corrected chi connectivity index (χ1v) is 6.60. The minimum atomic E-state index is -0.300. The van der Waals surface area contributed by atoms with Crippen LogP contribution in [0.2, 0.25) is 0 Å². The van der Waals surface area contributed by atoms with Crippen LogP contribution in [0.15, 0.2) is 38.3 Å². The van der Waals surface area contributed by atoms with Crippen LogP contribution < -0.4 is 16.0 Å². The normalized spacial score (nSPS) is 10.4. The van der Waals surface area contributed by atoms with Crippen LogP contribution in [0.25, 0.3) is 0 Å². The largest absolute Gasteiger partial charge is 0.437 e. The Morgan fingerprint density at radius 2 is 2.17 bits per heavy atom. The number of H-pyrrole nitrogens is 1. The highest BCUT2D eigenvalue weighted by molar-refractivity contribution is 9.10. The average molecular weight is 375 g/mol. The molecular weight excluding hydrogens is 366 g/mol. The highest BCUT2D eigenvalue weighted by Gasteiger charge is 2.10. The van der Waals surface area contributed by atoms with E-state index < -0.39 is 0 Å². The van der Waals surface area contributed by atoms with Gasteiger partial charge in [-0.25, -0.2) is 4.98 Å². The van der Waals surface area contributed by atoms with Gasteiger partial charge < -0.3 is 15.5 Å². The smallest absolute Gasteiger partial charge is 0.268 e. The second-order valence-corrected chi connectivity index (χ2v) is 5.12. The van der Waals surface area contributed by atoms with Crippen molar-refractivity contribution in [1.82, 2.24) is 9.97 Å². The molecule has 0 saturated carbocycles. The summed E-state index contributed by atoms with van der Waals surface area (Å²) in [5, 5.41) is 0. The van der Waals surface area contributed by atoms with E-state index in [1.807, 2.05) is 12.1 Å². The van der Waals surface area contributed by atoms with Crippen LogP contribution in [0.3, 0.4) is 0 Å². The van der Waals surface area contributed by atoms with Crippen LogP contribution in [-0.4, -0.2) is 9.97 Å². The first-order valence-electron chi connectivity index (χ1n) is 5.01. The van der Waals surface area contributed by atoms with Crippen molar-refractivity contribution in [2.24, 2.45) is 5.73 Å². The Bertz CT molecular complexity index is 628. The number of rotatable bonds is 3. The van der Waals surface area contributed by atoms with Gasteiger partial charge >= 0.3 is 0 Å². The number of aromatic amines is 1. The van der Waals surface area contributed by atoms with Crippen molar-refractivity contribution in [3.8, 4) is 11.6 Å². The molecule has 7 heteroatoms. The third kappa shape index (κ3) is 2.80. The van der Waals surface area contributed by atoms with E-state index in [9.17, 15) is 4.79 Å². The fraction of sp³-hybridized carbons (Fsp3) is 0.0909. The molecule has 18 heavy (non-hydrogen) atoms. The van der Waals surface area contributed by atoms with Gasteiger partial charge in [-0.05, 0) is 34.1 Å². The predicted molar refractivity (Wildman–Crippen MR) is 74.7 cm³/mol. The average Bonchev–Trinajstić information content (AvgIpc) is 2.37. The van der Waals surface area contributed by atoms with Crippen molar-refractivity contribution >= 4 is 31.9 Å². The van der Waals surface area contributed by atoms with Crippen molar-refractivity contribution in [3.63, 3.8) is 0 Å². The van der Waals surface area contributed by atoms with E-state index in [0.29, 0.717) is 12.3 Å². The fourth-order valence-corrected chi connectivity index (χ4v) is 2.06. The Morgan fingerprint density at radius 3 is 2.89 bits per heavy atom. The summed E-state index contributed by atoms with van der Waals surface area (Å²) in [6, 6.07) is 5.45. The van der Waals surface area contributed by atoms with Crippen molar-refractivity contribution in [2.75, 3.05) is 0 Å². The standard InChI is InChI=1S/C11H9Br2N3O2/c12-7-1-2-8(6(3-7)4-14)18-11-9(13)10(17)15-5-16-11/h1-3,5H,4,14H2,(H,15,16,17). The SMILES string of the molecule is NCc1cc(Br)ccc1Oc1nc[nH]c(=O)c1Br. The van der Waals surface area contributed by atoms with Crippen LogP contribution in [0.5, 0.6) is 11.6 Å². The molecule has 1 aromatic heterocycles. The van der Waals surface area contributed by atoms with E-state index in [-0.39, 0.29) is 15.9 Å². The van der Waals surface area contributed by atoms with Crippen molar-refractivity contribution in [1.29, 1.82) is 0 Å². The van der Waals surface area contributed by atoms with E-state index in [4.69, 9.17) is 10.5 Å². The number of ether oxygens (including phenoxy) is 1. The number of benzene rings is 1. The van der Waals surface area contributed by atoms with Gasteiger partial charge in [0.2, 0.25) is 5.88 Å². The van der Waals surface area contributed by atoms with Gasteiger partial charge in [-0.15, -0.1) is 0 Å². The lowest BCUT2D eigenvalue weighted by Gasteiger charge is -2.10. The summed E-state index contributed by atoms with van der Waals surface area (Å²) in [5.41, 5.74) is 6.16. The number of nitrogens with two attached hydrogens (primary N) is 1. The molecule has 2 rings (SSSR count). The summed E-state index contributed by atoms with van der Waals surface area (Å²) >= 11 is 6.48. The number of aromatic nitrogens is 2. The molecule has 1 heterocycles. The Balaban J connectivity index is 2.40. The van der Waals surface area contributed by atoms with E-state index in [2.05, 4.69) is 41.8 Å². The zero-order valence-corrected chi connectivity index (χ0v) is 12.3. The zero-order chi connectivity index (χ0) is 13.1. The molecule has 0 bridgehead atoms. The summed E-state index contributed by atoms with van der Waals surface area (Å²) in [5.74, 6) is 0.773. The lowest BCUT2D eigenvalue weighted by molar-refractivity contribution is 0.451. The van der Waals surface area contributed by atoms with Crippen LogP contribution in [-0.2, 0) is 6.54 Å². The minimum Gasteiger partial charge on any atom is -0.437 e. The molecule has 0 unspecified atom stereocenters. The summed E-state index contributed by atoms with van der Waals surface area (Å²) in [6.07, 6.45) is 1.28. The molecule has 0 spiro atoms. The van der Waals surface area contributed by atoms with E-state index in [0.717, 1.165) is 10.0 Å². The van der Waals surface area contributed by atoms with Crippen molar-refractivity contribution in [3.05, 3.63) is 49.4 Å². The van der Waals surface area contributed by atoms with Crippen molar-refractivity contribution in [2.45, 2.75) is 6.54 Å². The molecule has 5 nitrogen and oxygen atoms in total. The van der Waals surface area contributed by atoms with E-state index in [1.165, 1.54) is 6.33 Å². The van der Waals surface area contributed by atoms with Crippen LogP contribution in [0.4, 0.5) is 0 Å². The fourth-order valence-electron chi connectivity index (χ4n) is 1.35. The first kappa shape index (κ1) is 13.3. The number of hydrogen-bond donors (Lipinski definition) is 2. The number of nitrogens with zero attached hydrogens (tertiary/aromatic N) is 1. The van der Waals surface area contributed by atoms with Gasteiger partial charge in [0.25, 0.3) is 5.56 Å². The summed E-state index contributed by atoms with van der Waals surface area (Å²) in [4.78, 5) is 17.8. The van der Waals surface area contributed by atoms with Gasteiger partial charge in [0.05, 0.1) is 6.33 Å². The first-order chi connectivity index (χ1) is 8.61. The molecule has 0 saturated heterocycles.